The molecule has 0 atom stereocenters. The molecule has 0 radical (unpaired) electrons. The average Bonchev–Trinajstić information content (AvgIpc) is 2.58. The second kappa shape index (κ2) is 6.16. The summed E-state index contributed by atoms with van der Waals surface area (Å²) in [4.78, 5) is 0. The molecule has 3 rings (SSSR count). The maximum absolute atomic E-state index is 2.46. The first-order valence-electron chi connectivity index (χ1n) is 9.52. The molecule has 0 fully saturated rings. The van der Waals surface area contributed by atoms with E-state index in [1.165, 1.54) is 51.8 Å². The Morgan fingerprint density at radius 2 is 1.16 bits per heavy atom. The van der Waals surface area contributed by atoms with Crippen LogP contribution in [0.15, 0.2) is 42.5 Å². The predicted molar refractivity (Wildman–Crippen MR) is 111 cm³/mol. The molecule has 0 heteroatoms. The molecule has 1 aliphatic carbocycles. The molecule has 2 aromatic carbocycles. The first-order valence-corrected chi connectivity index (χ1v) is 9.52. The minimum atomic E-state index is 0.263. The van der Waals surface area contributed by atoms with Crippen molar-refractivity contribution in [2.45, 2.75) is 72.1 Å². The van der Waals surface area contributed by atoms with Crippen molar-refractivity contribution in [2.75, 3.05) is 0 Å². The summed E-state index contributed by atoms with van der Waals surface area (Å²) in [5, 5.41) is 0. The molecule has 0 saturated carbocycles. The molecule has 0 amide bonds. The van der Waals surface area contributed by atoms with Crippen LogP contribution in [0.3, 0.4) is 0 Å². The molecule has 0 spiro atoms. The summed E-state index contributed by atoms with van der Waals surface area (Å²) in [7, 11) is 0. The topological polar surface area (TPSA) is 0 Å². The Balaban J connectivity index is 2.10. The second-order valence-electron chi connectivity index (χ2n) is 9.14. The molecule has 132 valence electrons. The number of fused-ring (bicyclic) bond motifs is 1. The van der Waals surface area contributed by atoms with Crippen molar-refractivity contribution in [3.8, 4) is 0 Å². The Bertz CT molecular complexity index is 814. The van der Waals surface area contributed by atoms with Gasteiger partial charge in [0.05, 0.1) is 0 Å². The third-order valence-corrected chi connectivity index (χ3v) is 6.33. The van der Waals surface area contributed by atoms with Gasteiger partial charge in [-0.3, -0.25) is 0 Å². The molecule has 0 saturated heterocycles. The Morgan fingerprint density at radius 1 is 0.680 bits per heavy atom. The van der Waals surface area contributed by atoms with Crippen molar-refractivity contribution in [3.63, 3.8) is 0 Å². The van der Waals surface area contributed by atoms with Gasteiger partial charge < -0.3 is 0 Å². The highest BCUT2D eigenvalue weighted by atomic mass is 14.4. The first-order chi connectivity index (χ1) is 11.6. The van der Waals surface area contributed by atoms with Crippen molar-refractivity contribution >= 4 is 11.1 Å². The number of benzene rings is 2. The molecule has 0 nitrogen and oxygen atoms in total. The predicted octanol–water partition coefficient (Wildman–Crippen LogP) is 7.29. The molecule has 1 aliphatic rings. The highest BCUT2D eigenvalue weighted by Crippen LogP contribution is 2.46. The lowest BCUT2D eigenvalue weighted by Crippen LogP contribution is -2.33. The number of allylic oxidation sites excluding steroid dienone is 2. The molecule has 0 aliphatic heterocycles. The van der Waals surface area contributed by atoms with Crippen LogP contribution in [0.5, 0.6) is 0 Å². The van der Waals surface area contributed by atoms with E-state index in [1.54, 1.807) is 0 Å². The van der Waals surface area contributed by atoms with Gasteiger partial charge >= 0.3 is 0 Å². The van der Waals surface area contributed by atoms with Crippen molar-refractivity contribution in [1.29, 1.82) is 0 Å². The lowest BCUT2D eigenvalue weighted by molar-refractivity contribution is 0.332. The Kier molecular flexibility index (Phi) is 4.43. The third-order valence-electron chi connectivity index (χ3n) is 6.33. The van der Waals surface area contributed by atoms with Crippen molar-refractivity contribution in [2.24, 2.45) is 0 Å². The van der Waals surface area contributed by atoms with Crippen LogP contribution in [-0.4, -0.2) is 0 Å². The molecule has 0 bridgehead atoms. The maximum atomic E-state index is 2.46. The summed E-state index contributed by atoms with van der Waals surface area (Å²) >= 11 is 0. The van der Waals surface area contributed by atoms with Crippen LogP contribution in [0.4, 0.5) is 0 Å². The van der Waals surface area contributed by atoms with Crippen molar-refractivity contribution in [3.05, 3.63) is 70.3 Å². The second-order valence-corrected chi connectivity index (χ2v) is 9.14. The van der Waals surface area contributed by atoms with E-state index in [0.29, 0.717) is 0 Å². The van der Waals surface area contributed by atoms with Crippen LogP contribution in [0.25, 0.3) is 11.1 Å². The lowest BCUT2D eigenvalue weighted by atomic mass is 9.63. The van der Waals surface area contributed by atoms with E-state index in [2.05, 4.69) is 90.9 Å². The van der Waals surface area contributed by atoms with E-state index in [4.69, 9.17) is 0 Å². The van der Waals surface area contributed by atoms with Crippen LogP contribution in [0.1, 0.15) is 82.2 Å². The van der Waals surface area contributed by atoms with E-state index in [9.17, 15) is 0 Å². The molecule has 0 aromatic heterocycles. The van der Waals surface area contributed by atoms with Crippen LogP contribution >= 0.6 is 0 Å². The fourth-order valence-electron chi connectivity index (χ4n) is 4.06. The van der Waals surface area contributed by atoms with Gasteiger partial charge in [-0.15, -0.1) is 0 Å². The van der Waals surface area contributed by atoms with E-state index in [0.717, 1.165) is 0 Å². The zero-order chi connectivity index (χ0) is 18.4. The van der Waals surface area contributed by atoms with E-state index in [-0.39, 0.29) is 10.8 Å². The zero-order valence-corrected chi connectivity index (χ0v) is 17.0. The monoisotopic (exact) mass is 332 g/mol. The number of hydrogen-bond donors (Lipinski definition) is 0. The SMILES string of the molecule is C/C(=C(\C)c1ccc2c(c1)C(C)(C)CCC2(C)C)c1ccc(C)cc1. The summed E-state index contributed by atoms with van der Waals surface area (Å²) in [5.41, 5.74) is 10.4. The largest absolute Gasteiger partial charge is 0.0587 e. The normalized spacial score (nSPS) is 19.2. The molecule has 0 unspecified atom stereocenters. The van der Waals surface area contributed by atoms with Gasteiger partial charge in [-0.1, -0.05) is 75.7 Å². The molecule has 0 heterocycles. The number of rotatable bonds is 2. The Hall–Kier alpha value is -1.82. The minimum Gasteiger partial charge on any atom is -0.0587 e. The standard InChI is InChI=1S/C25H32/c1-17-8-10-20(11-9-17)18(2)19(3)21-12-13-22-23(16-21)25(6,7)15-14-24(22,4)5/h8-13,16H,14-15H2,1-7H3/b19-18-. The maximum Gasteiger partial charge on any atom is -0.0100 e. The lowest BCUT2D eigenvalue weighted by Gasteiger charge is -2.42. The van der Waals surface area contributed by atoms with Gasteiger partial charge in [0.25, 0.3) is 0 Å². The number of hydrogen-bond acceptors (Lipinski definition) is 0. The van der Waals surface area contributed by atoms with E-state index < -0.39 is 0 Å². The number of aryl methyl sites for hydroxylation is 1. The fraction of sp³-hybridized carbons (Fsp3) is 0.440. The summed E-state index contributed by atoms with van der Waals surface area (Å²) in [6, 6.07) is 16.0. The van der Waals surface area contributed by atoms with Crippen molar-refractivity contribution < 1.29 is 0 Å². The smallest absolute Gasteiger partial charge is 0.0100 e. The van der Waals surface area contributed by atoms with Gasteiger partial charge in [0.2, 0.25) is 0 Å². The van der Waals surface area contributed by atoms with Gasteiger partial charge in [-0.25, -0.2) is 0 Å². The molecular weight excluding hydrogens is 300 g/mol. The Labute approximate surface area is 154 Å². The van der Waals surface area contributed by atoms with Gasteiger partial charge in [0.15, 0.2) is 0 Å². The van der Waals surface area contributed by atoms with Gasteiger partial charge in [0, 0.05) is 0 Å². The molecular formula is C25H32. The highest BCUT2D eigenvalue weighted by Gasteiger charge is 2.36. The van der Waals surface area contributed by atoms with Gasteiger partial charge in [-0.2, -0.15) is 0 Å². The average molecular weight is 333 g/mol. The van der Waals surface area contributed by atoms with Crippen LogP contribution in [0, 0.1) is 6.92 Å². The van der Waals surface area contributed by atoms with Gasteiger partial charge in [-0.05, 0) is 77.8 Å². The van der Waals surface area contributed by atoms with Crippen LogP contribution in [-0.2, 0) is 10.8 Å². The molecule has 2 aromatic rings. The first kappa shape index (κ1) is 18.0. The van der Waals surface area contributed by atoms with E-state index >= 15 is 0 Å². The third kappa shape index (κ3) is 3.32. The fourth-order valence-corrected chi connectivity index (χ4v) is 4.06. The summed E-state index contributed by atoms with van der Waals surface area (Å²) in [6.45, 7) is 16.2. The summed E-state index contributed by atoms with van der Waals surface area (Å²) in [6.07, 6.45) is 2.53. The van der Waals surface area contributed by atoms with Gasteiger partial charge in [0.1, 0.15) is 0 Å². The van der Waals surface area contributed by atoms with Crippen LogP contribution < -0.4 is 0 Å². The molecule has 25 heavy (non-hydrogen) atoms. The minimum absolute atomic E-state index is 0.263. The quantitative estimate of drug-likeness (QED) is 0.506. The van der Waals surface area contributed by atoms with E-state index in [1.807, 2.05) is 0 Å². The molecule has 0 N–H and O–H groups in total. The summed E-state index contributed by atoms with van der Waals surface area (Å²) in [5.74, 6) is 0. The Morgan fingerprint density at radius 3 is 1.76 bits per heavy atom. The zero-order valence-electron chi connectivity index (χ0n) is 17.0. The summed E-state index contributed by atoms with van der Waals surface area (Å²) < 4.78 is 0. The van der Waals surface area contributed by atoms with Crippen molar-refractivity contribution in [1.82, 2.24) is 0 Å². The highest BCUT2D eigenvalue weighted by molar-refractivity contribution is 5.89. The van der Waals surface area contributed by atoms with Crippen LogP contribution in [0.2, 0.25) is 0 Å².